The maximum Gasteiger partial charge on any atom is 0.338 e. The maximum atomic E-state index is 13.1. The van der Waals surface area contributed by atoms with Gasteiger partial charge in [0.15, 0.2) is 5.54 Å². The number of nitrogens with one attached hydrogen (secondary N) is 1. The number of aromatic nitrogens is 2. The number of carbonyl (C=O) groups excluding carboxylic acids is 1. The van der Waals surface area contributed by atoms with E-state index in [1.54, 1.807) is 12.4 Å². The number of hydrogen-bond donors (Lipinski definition) is 1. The van der Waals surface area contributed by atoms with Crippen molar-refractivity contribution in [3.05, 3.63) is 90.4 Å². The van der Waals surface area contributed by atoms with Crippen LogP contribution in [0.1, 0.15) is 24.6 Å². The van der Waals surface area contributed by atoms with E-state index in [-0.39, 0.29) is 12.6 Å². The van der Waals surface area contributed by atoms with E-state index in [2.05, 4.69) is 15.3 Å². The van der Waals surface area contributed by atoms with Crippen LogP contribution < -0.4 is 5.32 Å². The minimum atomic E-state index is -1.11. The number of anilines is 1. The highest BCUT2D eigenvalue weighted by Gasteiger charge is 2.42. The third-order valence-electron chi connectivity index (χ3n) is 4.20. The molecule has 0 spiro atoms. The smallest absolute Gasteiger partial charge is 0.338 e. The number of nitrogens with zero attached hydrogens (tertiary/aromatic N) is 2. The molecule has 26 heavy (non-hydrogen) atoms. The van der Waals surface area contributed by atoms with Crippen molar-refractivity contribution in [2.24, 2.45) is 0 Å². The summed E-state index contributed by atoms with van der Waals surface area (Å²) in [6, 6.07) is 20.6. The third kappa shape index (κ3) is 3.88. The largest absolute Gasteiger partial charge is 0.459 e. The molecule has 5 heteroatoms. The van der Waals surface area contributed by atoms with Crippen LogP contribution in [0.25, 0.3) is 0 Å². The van der Waals surface area contributed by atoms with Crippen LogP contribution in [0.2, 0.25) is 0 Å². The number of rotatable bonds is 7. The van der Waals surface area contributed by atoms with E-state index < -0.39 is 5.54 Å². The standard InChI is InChI=1S/C21H21N3O2/c1-2-21(18-12-6-8-14-22-18,24-19-13-7-9-15-23-19)20(25)26-16-17-10-4-3-5-11-17/h3-15H,2,16H2,1H3,(H,23,24). The fraction of sp³-hybridized carbons (Fsp3) is 0.190. The molecule has 1 atom stereocenters. The summed E-state index contributed by atoms with van der Waals surface area (Å²) in [5, 5.41) is 3.25. The second kappa shape index (κ2) is 8.25. The lowest BCUT2D eigenvalue weighted by atomic mass is 9.91. The average Bonchev–Trinajstić information content (AvgIpc) is 2.72. The monoisotopic (exact) mass is 347 g/mol. The van der Waals surface area contributed by atoms with Crippen molar-refractivity contribution in [2.45, 2.75) is 25.5 Å². The summed E-state index contributed by atoms with van der Waals surface area (Å²) in [7, 11) is 0. The molecular weight excluding hydrogens is 326 g/mol. The number of ether oxygens (including phenoxy) is 1. The molecule has 0 aliphatic heterocycles. The first-order valence-electron chi connectivity index (χ1n) is 8.56. The average molecular weight is 347 g/mol. The van der Waals surface area contributed by atoms with Gasteiger partial charge in [-0.15, -0.1) is 0 Å². The predicted octanol–water partition coefficient (Wildman–Crippen LogP) is 3.94. The van der Waals surface area contributed by atoms with Crippen LogP contribution in [-0.2, 0) is 21.7 Å². The quantitative estimate of drug-likeness (QED) is 0.656. The Morgan fingerprint density at radius 2 is 1.65 bits per heavy atom. The Morgan fingerprint density at radius 1 is 0.962 bits per heavy atom. The molecule has 0 radical (unpaired) electrons. The molecule has 1 N–H and O–H groups in total. The number of esters is 1. The number of carbonyl (C=O) groups is 1. The summed E-state index contributed by atoms with van der Waals surface area (Å²) in [5.41, 5.74) is 0.431. The van der Waals surface area contributed by atoms with Gasteiger partial charge in [0.1, 0.15) is 12.4 Å². The van der Waals surface area contributed by atoms with Crippen molar-refractivity contribution in [1.29, 1.82) is 0 Å². The van der Waals surface area contributed by atoms with E-state index in [4.69, 9.17) is 4.74 Å². The van der Waals surface area contributed by atoms with E-state index in [9.17, 15) is 4.79 Å². The molecular formula is C21H21N3O2. The van der Waals surface area contributed by atoms with Crippen LogP contribution in [0.3, 0.4) is 0 Å². The van der Waals surface area contributed by atoms with Gasteiger partial charge >= 0.3 is 5.97 Å². The molecule has 0 amide bonds. The molecule has 2 heterocycles. The lowest BCUT2D eigenvalue weighted by molar-refractivity contribution is -0.151. The fourth-order valence-electron chi connectivity index (χ4n) is 2.75. The van der Waals surface area contributed by atoms with Crippen molar-refractivity contribution in [2.75, 3.05) is 5.32 Å². The Labute approximate surface area is 153 Å². The number of hydrogen-bond acceptors (Lipinski definition) is 5. The van der Waals surface area contributed by atoms with Crippen molar-refractivity contribution >= 4 is 11.8 Å². The van der Waals surface area contributed by atoms with Crippen LogP contribution in [0.5, 0.6) is 0 Å². The molecule has 2 aromatic heterocycles. The Kier molecular flexibility index (Phi) is 5.59. The van der Waals surface area contributed by atoms with E-state index in [0.29, 0.717) is 17.9 Å². The Hall–Kier alpha value is -3.21. The number of pyridine rings is 2. The molecule has 0 aliphatic carbocycles. The zero-order valence-electron chi connectivity index (χ0n) is 14.6. The molecule has 1 unspecified atom stereocenters. The van der Waals surface area contributed by atoms with E-state index in [1.165, 1.54) is 0 Å². The second-order valence-corrected chi connectivity index (χ2v) is 5.88. The minimum Gasteiger partial charge on any atom is -0.459 e. The molecule has 0 bridgehead atoms. The number of benzene rings is 1. The van der Waals surface area contributed by atoms with Gasteiger partial charge in [0, 0.05) is 12.4 Å². The molecule has 0 saturated heterocycles. The Bertz CT molecular complexity index is 826. The molecule has 5 nitrogen and oxygen atoms in total. The lowest BCUT2D eigenvalue weighted by Gasteiger charge is -2.31. The summed E-state index contributed by atoms with van der Waals surface area (Å²) in [5.74, 6) is 0.213. The first kappa shape index (κ1) is 17.6. The first-order valence-corrected chi connectivity index (χ1v) is 8.56. The molecule has 3 rings (SSSR count). The summed E-state index contributed by atoms with van der Waals surface area (Å²) >= 11 is 0. The summed E-state index contributed by atoms with van der Waals surface area (Å²) in [4.78, 5) is 21.8. The van der Waals surface area contributed by atoms with Crippen LogP contribution in [0, 0.1) is 0 Å². The van der Waals surface area contributed by atoms with Gasteiger partial charge in [-0.05, 0) is 36.2 Å². The summed E-state index contributed by atoms with van der Waals surface area (Å²) in [6.07, 6.45) is 3.81. The van der Waals surface area contributed by atoms with Crippen LogP contribution in [0.4, 0.5) is 5.82 Å². The zero-order chi connectivity index (χ0) is 18.2. The maximum absolute atomic E-state index is 13.1. The van der Waals surface area contributed by atoms with Gasteiger partial charge in [0.25, 0.3) is 0 Å². The molecule has 0 aliphatic rings. The summed E-state index contributed by atoms with van der Waals surface area (Å²) < 4.78 is 5.64. The van der Waals surface area contributed by atoms with Gasteiger partial charge in [-0.2, -0.15) is 0 Å². The summed E-state index contributed by atoms with van der Waals surface area (Å²) in [6.45, 7) is 2.13. The third-order valence-corrected chi connectivity index (χ3v) is 4.20. The Morgan fingerprint density at radius 3 is 2.27 bits per heavy atom. The predicted molar refractivity (Wildman–Crippen MR) is 100 cm³/mol. The van der Waals surface area contributed by atoms with Crippen LogP contribution in [0.15, 0.2) is 79.1 Å². The Balaban J connectivity index is 1.90. The van der Waals surface area contributed by atoms with Gasteiger partial charge < -0.3 is 10.1 Å². The van der Waals surface area contributed by atoms with Gasteiger partial charge in [0.05, 0.1) is 5.69 Å². The van der Waals surface area contributed by atoms with Crippen molar-refractivity contribution < 1.29 is 9.53 Å². The minimum absolute atomic E-state index is 0.207. The second-order valence-electron chi connectivity index (χ2n) is 5.88. The highest BCUT2D eigenvalue weighted by molar-refractivity contribution is 5.85. The van der Waals surface area contributed by atoms with Gasteiger partial charge in [-0.3, -0.25) is 4.98 Å². The topological polar surface area (TPSA) is 64.1 Å². The fourth-order valence-corrected chi connectivity index (χ4v) is 2.75. The normalized spacial score (nSPS) is 12.8. The van der Waals surface area contributed by atoms with E-state index in [1.807, 2.05) is 73.7 Å². The van der Waals surface area contributed by atoms with Gasteiger partial charge in [-0.25, -0.2) is 9.78 Å². The highest BCUT2D eigenvalue weighted by atomic mass is 16.5. The van der Waals surface area contributed by atoms with Crippen molar-refractivity contribution in [3.8, 4) is 0 Å². The lowest BCUT2D eigenvalue weighted by Crippen LogP contribution is -2.45. The zero-order valence-corrected chi connectivity index (χ0v) is 14.6. The molecule has 3 aromatic rings. The molecule has 132 valence electrons. The van der Waals surface area contributed by atoms with Crippen LogP contribution in [-0.4, -0.2) is 15.9 Å². The van der Waals surface area contributed by atoms with Gasteiger partial charge in [-0.1, -0.05) is 49.4 Å². The van der Waals surface area contributed by atoms with Crippen LogP contribution >= 0.6 is 0 Å². The van der Waals surface area contributed by atoms with Crippen molar-refractivity contribution in [3.63, 3.8) is 0 Å². The highest BCUT2D eigenvalue weighted by Crippen LogP contribution is 2.29. The van der Waals surface area contributed by atoms with Gasteiger partial charge in [0.2, 0.25) is 0 Å². The molecule has 0 fully saturated rings. The SMILES string of the molecule is CCC(Nc1ccccn1)(C(=O)OCc1ccccc1)c1ccccn1. The molecule has 1 aromatic carbocycles. The van der Waals surface area contributed by atoms with E-state index >= 15 is 0 Å². The van der Waals surface area contributed by atoms with Crippen molar-refractivity contribution in [1.82, 2.24) is 9.97 Å². The molecule has 0 saturated carbocycles. The van der Waals surface area contributed by atoms with E-state index in [0.717, 1.165) is 5.56 Å². The first-order chi connectivity index (χ1) is 12.7.